The van der Waals surface area contributed by atoms with E-state index < -0.39 is 0 Å². The molecular weight excluding hydrogens is 238 g/mol. The Kier molecular flexibility index (Phi) is 3.95. The van der Waals surface area contributed by atoms with Gasteiger partial charge in [-0.3, -0.25) is 0 Å². The Morgan fingerprint density at radius 2 is 1.74 bits per heavy atom. The van der Waals surface area contributed by atoms with Crippen molar-refractivity contribution in [1.82, 2.24) is 0 Å². The number of phenols is 2. The molecule has 2 rings (SSSR count). The molecule has 0 fully saturated rings. The molecule has 0 saturated heterocycles. The fourth-order valence-electron chi connectivity index (χ4n) is 1.92. The van der Waals surface area contributed by atoms with Crippen LogP contribution >= 0.6 is 0 Å². The van der Waals surface area contributed by atoms with Crippen LogP contribution in [-0.4, -0.2) is 10.2 Å². The number of rotatable bonds is 4. The SMILES string of the molecule is CC(C)c1ccc(O)c(CNc2ccccc2O)c1. The van der Waals surface area contributed by atoms with E-state index in [9.17, 15) is 10.2 Å². The van der Waals surface area contributed by atoms with Gasteiger partial charge in [0.1, 0.15) is 11.5 Å². The molecule has 3 N–H and O–H groups in total. The molecule has 0 radical (unpaired) electrons. The predicted octanol–water partition coefficient (Wildman–Crippen LogP) is 3.83. The second kappa shape index (κ2) is 5.65. The van der Waals surface area contributed by atoms with E-state index in [2.05, 4.69) is 19.2 Å². The standard InChI is InChI=1S/C16H19NO2/c1-11(2)12-7-8-15(18)13(9-12)10-17-14-5-3-4-6-16(14)19/h3-9,11,17-19H,10H2,1-2H3. The molecular formula is C16H19NO2. The molecule has 0 aliphatic rings. The molecule has 0 saturated carbocycles. The van der Waals surface area contributed by atoms with E-state index in [1.54, 1.807) is 24.3 Å². The van der Waals surface area contributed by atoms with Crippen molar-refractivity contribution < 1.29 is 10.2 Å². The first-order valence-corrected chi connectivity index (χ1v) is 6.41. The van der Waals surface area contributed by atoms with E-state index in [1.807, 2.05) is 18.2 Å². The lowest BCUT2D eigenvalue weighted by Gasteiger charge is -2.12. The van der Waals surface area contributed by atoms with Crippen LogP contribution in [0.1, 0.15) is 30.9 Å². The smallest absolute Gasteiger partial charge is 0.138 e. The van der Waals surface area contributed by atoms with Gasteiger partial charge in [-0.25, -0.2) is 0 Å². The molecule has 3 heteroatoms. The summed E-state index contributed by atoms with van der Waals surface area (Å²) in [5.74, 6) is 0.902. The zero-order valence-corrected chi connectivity index (χ0v) is 11.2. The van der Waals surface area contributed by atoms with Gasteiger partial charge >= 0.3 is 0 Å². The van der Waals surface area contributed by atoms with Gasteiger partial charge in [-0.2, -0.15) is 0 Å². The van der Waals surface area contributed by atoms with E-state index in [0.717, 1.165) is 5.56 Å². The first kappa shape index (κ1) is 13.3. The average molecular weight is 257 g/mol. The van der Waals surface area contributed by atoms with E-state index >= 15 is 0 Å². The fraction of sp³-hybridized carbons (Fsp3) is 0.250. The molecule has 19 heavy (non-hydrogen) atoms. The van der Waals surface area contributed by atoms with E-state index in [-0.39, 0.29) is 11.5 Å². The minimum absolute atomic E-state index is 0.210. The maximum absolute atomic E-state index is 9.86. The quantitative estimate of drug-likeness (QED) is 0.729. The van der Waals surface area contributed by atoms with Crippen LogP contribution < -0.4 is 5.32 Å². The Balaban J connectivity index is 2.15. The second-order valence-corrected chi connectivity index (χ2v) is 4.91. The zero-order chi connectivity index (χ0) is 13.8. The van der Waals surface area contributed by atoms with Gasteiger partial charge in [-0.05, 0) is 29.7 Å². The molecule has 0 unspecified atom stereocenters. The third-order valence-corrected chi connectivity index (χ3v) is 3.14. The number of hydrogen-bond acceptors (Lipinski definition) is 3. The second-order valence-electron chi connectivity index (χ2n) is 4.91. The molecule has 2 aromatic carbocycles. The summed E-state index contributed by atoms with van der Waals surface area (Å²) in [6.07, 6.45) is 0. The van der Waals surface area contributed by atoms with Crippen LogP contribution in [0.15, 0.2) is 42.5 Å². The van der Waals surface area contributed by atoms with Crippen molar-refractivity contribution >= 4 is 5.69 Å². The number of aromatic hydroxyl groups is 2. The average Bonchev–Trinajstić information content (AvgIpc) is 2.39. The predicted molar refractivity (Wildman–Crippen MR) is 77.6 cm³/mol. The van der Waals surface area contributed by atoms with E-state index in [1.165, 1.54) is 5.56 Å². The van der Waals surface area contributed by atoms with Gasteiger partial charge in [0, 0.05) is 12.1 Å². The summed E-state index contributed by atoms with van der Waals surface area (Å²) in [7, 11) is 0. The van der Waals surface area contributed by atoms with Crippen LogP contribution in [0.3, 0.4) is 0 Å². The Morgan fingerprint density at radius 1 is 1.00 bits per heavy atom. The van der Waals surface area contributed by atoms with Crippen molar-refractivity contribution in [3.8, 4) is 11.5 Å². The molecule has 0 bridgehead atoms. The van der Waals surface area contributed by atoms with Gasteiger partial charge in [0.25, 0.3) is 0 Å². The third kappa shape index (κ3) is 3.19. The highest BCUT2D eigenvalue weighted by Crippen LogP contribution is 2.26. The monoisotopic (exact) mass is 257 g/mol. The normalized spacial score (nSPS) is 10.7. The summed E-state index contributed by atoms with van der Waals surface area (Å²) in [4.78, 5) is 0. The highest BCUT2D eigenvalue weighted by molar-refractivity contribution is 5.56. The lowest BCUT2D eigenvalue weighted by molar-refractivity contribution is 0.467. The molecule has 0 aliphatic heterocycles. The summed E-state index contributed by atoms with van der Waals surface area (Å²) >= 11 is 0. The van der Waals surface area contributed by atoms with E-state index in [0.29, 0.717) is 18.2 Å². The number of hydrogen-bond donors (Lipinski definition) is 3. The van der Waals surface area contributed by atoms with Gasteiger partial charge in [-0.15, -0.1) is 0 Å². The van der Waals surface area contributed by atoms with Crippen molar-refractivity contribution in [3.63, 3.8) is 0 Å². The topological polar surface area (TPSA) is 52.5 Å². The van der Waals surface area contributed by atoms with Crippen molar-refractivity contribution in [2.24, 2.45) is 0 Å². The Labute approximate surface area is 113 Å². The van der Waals surface area contributed by atoms with Crippen molar-refractivity contribution in [2.75, 3.05) is 5.32 Å². The van der Waals surface area contributed by atoms with Crippen LogP contribution in [0.4, 0.5) is 5.69 Å². The molecule has 0 aromatic heterocycles. The Bertz CT molecular complexity index is 564. The fourth-order valence-corrected chi connectivity index (χ4v) is 1.92. The molecule has 0 aliphatic carbocycles. The van der Waals surface area contributed by atoms with Gasteiger partial charge in [-0.1, -0.05) is 38.1 Å². The van der Waals surface area contributed by atoms with Crippen molar-refractivity contribution in [1.29, 1.82) is 0 Å². The number of nitrogens with one attached hydrogen (secondary N) is 1. The maximum Gasteiger partial charge on any atom is 0.138 e. The first-order chi connectivity index (χ1) is 9.08. The first-order valence-electron chi connectivity index (χ1n) is 6.41. The highest BCUT2D eigenvalue weighted by Gasteiger charge is 2.06. The van der Waals surface area contributed by atoms with Crippen molar-refractivity contribution in [2.45, 2.75) is 26.3 Å². The van der Waals surface area contributed by atoms with Crippen LogP contribution in [-0.2, 0) is 6.54 Å². The summed E-state index contributed by atoms with van der Waals surface area (Å²) in [6, 6.07) is 12.7. The van der Waals surface area contributed by atoms with Gasteiger partial charge in [0.05, 0.1) is 5.69 Å². The minimum Gasteiger partial charge on any atom is -0.508 e. The van der Waals surface area contributed by atoms with Crippen LogP contribution in [0.2, 0.25) is 0 Å². The highest BCUT2D eigenvalue weighted by atomic mass is 16.3. The minimum atomic E-state index is 0.210. The maximum atomic E-state index is 9.86. The number of para-hydroxylation sites is 2. The summed E-state index contributed by atoms with van der Waals surface area (Å²) in [6.45, 7) is 4.71. The number of anilines is 1. The molecule has 0 amide bonds. The molecule has 0 heterocycles. The molecule has 100 valence electrons. The van der Waals surface area contributed by atoms with E-state index in [4.69, 9.17) is 0 Å². The van der Waals surface area contributed by atoms with Gasteiger partial charge in [0.15, 0.2) is 0 Å². The Hall–Kier alpha value is -2.16. The lowest BCUT2D eigenvalue weighted by Crippen LogP contribution is -2.01. The summed E-state index contributed by atoms with van der Waals surface area (Å²) in [5.41, 5.74) is 2.68. The zero-order valence-electron chi connectivity index (χ0n) is 11.2. The molecule has 0 atom stereocenters. The summed E-state index contributed by atoms with van der Waals surface area (Å²) < 4.78 is 0. The lowest BCUT2D eigenvalue weighted by atomic mass is 10.0. The van der Waals surface area contributed by atoms with Crippen LogP contribution in [0.25, 0.3) is 0 Å². The molecule has 3 nitrogen and oxygen atoms in total. The van der Waals surface area contributed by atoms with Crippen LogP contribution in [0, 0.1) is 0 Å². The van der Waals surface area contributed by atoms with Crippen LogP contribution in [0.5, 0.6) is 11.5 Å². The summed E-state index contributed by atoms with van der Waals surface area (Å²) in [5, 5.41) is 22.7. The third-order valence-electron chi connectivity index (χ3n) is 3.14. The van der Waals surface area contributed by atoms with Crippen molar-refractivity contribution in [3.05, 3.63) is 53.6 Å². The van der Waals surface area contributed by atoms with Gasteiger partial charge in [0.2, 0.25) is 0 Å². The molecule has 0 spiro atoms. The molecule has 2 aromatic rings. The number of benzene rings is 2. The van der Waals surface area contributed by atoms with Gasteiger partial charge < -0.3 is 15.5 Å². The Morgan fingerprint density at radius 3 is 2.42 bits per heavy atom. The largest absolute Gasteiger partial charge is 0.508 e. The number of phenolic OH excluding ortho intramolecular Hbond substituents is 2.